The lowest BCUT2D eigenvalue weighted by Gasteiger charge is -2.02. The van der Waals surface area contributed by atoms with Crippen molar-refractivity contribution in [2.24, 2.45) is 0 Å². The zero-order chi connectivity index (χ0) is 9.52. The topological polar surface area (TPSA) is 79.9 Å². The number of aromatic amines is 1. The van der Waals surface area contributed by atoms with Gasteiger partial charge in [0.2, 0.25) is 0 Å². The summed E-state index contributed by atoms with van der Waals surface area (Å²) in [6.07, 6.45) is 1.65. The van der Waals surface area contributed by atoms with Gasteiger partial charge in [-0.3, -0.25) is 5.10 Å². The molecule has 0 aliphatic heterocycles. The maximum absolute atomic E-state index is 10.8. The molecule has 0 saturated heterocycles. The number of alkyl carbamates (subject to hydrolysis) is 1. The average Bonchev–Trinajstić information content (AvgIpc) is 2.57. The SMILES string of the molecule is CCOC(=O)NCCc1ncn[nH]1. The molecule has 1 rings (SSSR count). The fourth-order valence-corrected chi connectivity index (χ4v) is 0.816. The predicted molar refractivity (Wildman–Crippen MR) is 45.1 cm³/mol. The summed E-state index contributed by atoms with van der Waals surface area (Å²) in [5.74, 6) is 0.747. The standard InChI is InChI=1S/C7H12N4O2/c1-2-13-7(12)8-4-3-6-9-5-10-11-6/h5H,2-4H2,1H3,(H,8,12)(H,9,10,11). The van der Waals surface area contributed by atoms with Crippen LogP contribution in [0.4, 0.5) is 4.79 Å². The predicted octanol–water partition coefficient (Wildman–Crippen LogP) is 0.0933. The van der Waals surface area contributed by atoms with Crippen LogP contribution in [0, 0.1) is 0 Å². The lowest BCUT2D eigenvalue weighted by atomic mass is 10.4. The van der Waals surface area contributed by atoms with E-state index in [1.165, 1.54) is 6.33 Å². The second kappa shape index (κ2) is 5.13. The molecule has 0 atom stereocenters. The molecule has 0 aliphatic rings. The second-order valence-corrected chi connectivity index (χ2v) is 2.33. The number of nitrogens with one attached hydrogen (secondary N) is 2. The Morgan fingerprint density at radius 1 is 1.77 bits per heavy atom. The highest BCUT2D eigenvalue weighted by atomic mass is 16.5. The summed E-state index contributed by atoms with van der Waals surface area (Å²) in [4.78, 5) is 14.7. The van der Waals surface area contributed by atoms with Crippen molar-refractivity contribution in [3.05, 3.63) is 12.2 Å². The third-order valence-electron chi connectivity index (χ3n) is 1.37. The first-order chi connectivity index (χ1) is 6.33. The van der Waals surface area contributed by atoms with Crippen molar-refractivity contribution >= 4 is 6.09 Å². The minimum Gasteiger partial charge on any atom is -0.450 e. The molecule has 1 aromatic rings. The van der Waals surface area contributed by atoms with Gasteiger partial charge in [0.1, 0.15) is 12.2 Å². The quantitative estimate of drug-likeness (QED) is 0.695. The van der Waals surface area contributed by atoms with E-state index in [9.17, 15) is 4.79 Å². The van der Waals surface area contributed by atoms with Crippen LogP contribution >= 0.6 is 0 Å². The Kier molecular flexibility index (Phi) is 3.74. The summed E-state index contributed by atoms with van der Waals surface area (Å²) >= 11 is 0. The van der Waals surface area contributed by atoms with Crippen LogP contribution in [0.25, 0.3) is 0 Å². The van der Waals surface area contributed by atoms with E-state index < -0.39 is 6.09 Å². The number of ether oxygens (including phenoxy) is 1. The first-order valence-electron chi connectivity index (χ1n) is 4.07. The van der Waals surface area contributed by atoms with E-state index in [2.05, 4.69) is 25.2 Å². The first-order valence-corrected chi connectivity index (χ1v) is 4.07. The lowest BCUT2D eigenvalue weighted by Crippen LogP contribution is -2.26. The molecular formula is C7H12N4O2. The summed E-state index contributed by atoms with van der Waals surface area (Å²) in [5.41, 5.74) is 0. The van der Waals surface area contributed by atoms with Crippen molar-refractivity contribution in [3.8, 4) is 0 Å². The van der Waals surface area contributed by atoms with E-state index in [1.807, 2.05) is 0 Å². The van der Waals surface area contributed by atoms with Gasteiger partial charge in [0, 0.05) is 13.0 Å². The van der Waals surface area contributed by atoms with Crippen LogP contribution in [0.1, 0.15) is 12.7 Å². The third kappa shape index (κ3) is 3.55. The zero-order valence-corrected chi connectivity index (χ0v) is 7.41. The molecule has 1 heterocycles. The lowest BCUT2D eigenvalue weighted by molar-refractivity contribution is 0.152. The fourth-order valence-electron chi connectivity index (χ4n) is 0.816. The first kappa shape index (κ1) is 9.50. The molecule has 6 nitrogen and oxygen atoms in total. The van der Waals surface area contributed by atoms with Gasteiger partial charge in [-0.15, -0.1) is 0 Å². The summed E-state index contributed by atoms with van der Waals surface area (Å²) < 4.78 is 4.67. The Hall–Kier alpha value is -1.59. The number of rotatable bonds is 4. The molecule has 72 valence electrons. The van der Waals surface area contributed by atoms with Gasteiger partial charge >= 0.3 is 6.09 Å². The van der Waals surface area contributed by atoms with E-state index in [1.54, 1.807) is 6.92 Å². The number of H-pyrrole nitrogens is 1. The van der Waals surface area contributed by atoms with Crippen molar-refractivity contribution in [3.63, 3.8) is 0 Å². The maximum Gasteiger partial charge on any atom is 0.407 e. The molecule has 0 unspecified atom stereocenters. The van der Waals surface area contributed by atoms with Crippen molar-refractivity contribution in [2.45, 2.75) is 13.3 Å². The largest absolute Gasteiger partial charge is 0.450 e. The van der Waals surface area contributed by atoms with E-state index in [0.717, 1.165) is 5.82 Å². The Morgan fingerprint density at radius 3 is 3.23 bits per heavy atom. The Balaban J connectivity index is 2.11. The number of nitrogens with zero attached hydrogens (tertiary/aromatic N) is 2. The number of hydrogen-bond acceptors (Lipinski definition) is 4. The molecule has 0 saturated carbocycles. The number of hydrogen-bond donors (Lipinski definition) is 2. The van der Waals surface area contributed by atoms with Gasteiger partial charge in [-0.2, -0.15) is 5.10 Å². The molecule has 0 radical (unpaired) electrons. The number of aromatic nitrogens is 3. The van der Waals surface area contributed by atoms with Gasteiger partial charge in [0.15, 0.2) is 0 Å². The smallest absolute Gasteiger partial charge is 0.407 e. The van der Waals surface area contributed by atoms with Gasteiger partial charge in [0.25, 0.3) is 0 Å². The highest BCUT2D eigenvalue weighted by molar-refractivity contribution is 5.66. The molecule has 6 heteroatoms. The van der Waals surface area contributed by atoms with Crippen LogP contribution in [0.2, 0.25) is 0 Å². The maximum atomic E-state index is 10.8. The van der Waals surface area contributed by atoms with Crippen LogP contribution in [0.5, 0.6) is 0 Å². The zero-order valence-electron chi connectivity index (χ0n) is 7.41. The van der Waals surface area contributed by atoms with E-state index in [4.69, 9.17) is 0 Å². The summed E-state index contributed by atoms with van der Waals surface area (Å²) in [6.45, 7) is 2.64. The van der Waals surface area contributed by atoms with Gasteiger partial charge in [0.05, 0.1) is 6.61 Å². The van der Waals surface area contributed by atoms with Gasteiger partial charge in [-0.05, 0) is 6.92 Å². The van der Waals surface area contributed by atoms with Crippen LogP contribution in [-0.4, -0.2) is 34.4 Å². The van der Waals surface area contributed by atoms with Crippen LogP contribution < -0.4 is 5.32 Å². The van der Waals surface area contributed by atoms with E-state index in [0.29, 0.717) is 19.6 Å². The van der Waals surface area contributed by atoms with Gasteiger partial charge < -0.3 is 10.1 Å². The normalized spacial score (nSPS) is 9.62. The fraction of sp³-hybridized carbons (Fsp3) is 0.571. The molecule has 0 aromatic carbocycles. The third-order valence-corrected chi connectivity index (χ3v) is 1.37. The Bertz CT molecular complexity index is 247. The molecular weight excluding hydrogens is 172 g/mol. The van der Waals surface area contributed by atoms with E-state index >= 15 is 0 Å². The number of carbonyl (C=O) groups excluding carboxylic acids is 1. The van der Waals surface area contributed by atoms with Gasteiger partial charge in [-0.25, -0.2) is 9.78 Å². The van der Waals surface area contributed by atoms with Crippen molar-refractivity contribution < 1.29 is 9.53 Å². The molecule has 2 N–H and O–H groups in total. The molecule has 0 bridgehead atoms. The minimum atomic E-state index is -0.401. The monoisotopic (exact) mass is 184 g/mol. The van der Waals surface area contributed by atoms with E-state index in [-0.39, 0.29) is 0 Å². The average molecular weight is 184 g/mol. The summed E-state index contributed by atoms with van der Waals surface area (Å²) in [7, 11) is 0. The van der Waals surface area contributed by atoms with Crippen molar-refractivity contribution in [2.75, 3.05) is 13.2 Å². The second-order valence-electron chi connectivity index (χ2n) is 2.33. The van der Waals surface area contributed by atoms with Crippen molar-refractivity contribution in [1.82, 2.24) is 20.5 Å². The van der Waals surface area contributed by atoms with Crippen LogP contribution in [0.15, 0.2) is 6.33 Å². The molecule has 0 spiro atoms. The molecule has 0 aliphatic carbocycles. The highest BCUT2D eigenvalue weighted by Crippen LogP contribution is 1.85. The van der Waals surface area contributed by atoms with Gasteiger partial charge in [-0.1, -0.05) is 0 Å². The van der Waals surface area contributed by atoms with Crippen LogP contribution in [0.3, 0.4) is 0 Å². The number of carbonyl (C=O) groups is 1. The summed E-state index contributed by atoms with van der Waals surface area (Å²) in [5, 5.41) is 8.94. The molecule has 1 amide bonds. The molecule has 1 aromatic heterocycles. The number of amides is 1. The van der Waals surface area contributed by atoms with Crippen molar-refractivity contribution in [1.29, 1.82) is 0 Å². The highest BCUT2D eigenvalue weighted by Gasteiger charge is 2.00. The molecule has 13 heavy (non-hydrogen) atoms. The Morgan fingerprint density at radius 2 is 2.62 bits per heavy atom. The van der Waals surface area contributed by atoms with Crippen LogP contribution in [-0.2, 0) is 11.2 Å². The minimum absolute atomic E-state index is 0.383. The molecule has 0 fully saturated rings. The Labute approximate surface area is 75.7 Å². The summed E-state index contributed by atoms with van der Waals surface area (Å²) in [6, 6.07) is 0.